The van der Waals surface area contributed by atoms with Gasteiger partial charge in [-0.25, -0.2) is 0 Å². The number of nitriles is 1. The summed E-state index contributed by atoms with van der Waals surface area (Å²) >= 11 is 2.08. The quantitative estimate of drug-likeness (QED) is 0.680. The lowest BCUT2D eigenvalue weighted by Gasteiger charge is -2.11. The fourth-order valence-corrected chi connectivity index (χ4v) is 2.10. The predicted molar refractivity (Wildman–Crippen MR) is 75.4 cm³/mol. The number of ether oxygens (including phenoxy) is 1. The minimum Gasteiger partial charge on any atom is -0.457 e. The summed E-state index contributed by atoms with van der Waals surface area (Å²) in [4.78, 5) is 0. The van der Waals surface area contributed by atoms with Crippen LogP contribution in [0.4, 0.5) is 13.2 Å². The van der Waals surface area contributed by atoms with Gasteiger partial charge in [0.25, 0.3) is 0 Å². The third-order valence-corrected chi connectivity index (χ3v) is 3.12. The summed E-state index contributed by atoms with van der Waals surface area (Å²) in [7, 11) is 0. The fourth-order valence-electron chi connectivity index (χ4n) is 1.59. The van der Waals surface area contributed by atoms with Gasteiger partial charge in [0.15, 0.2) is 0 Å². The Bertz CT molecular complexity index is 677. The molecule has 2 aromatic rings. The zero-order valence-electron chi connectivity index (χ0n) is 9.91. The second kappa shape index (κ2) is 5.71. The molecule has 0 saturated carbocycles. The molecule has 0 spiro atoms. The molecule has 6 heteroatoms. The summed E-state index contributed by atoms with van der Waals surface area (Å²) < 4.78 is 44.7. The number of halogens is 4. The maximum Gasteiger partial charge on any atom is 0.417 e. The van der Waals surface area contributed by atoms with Crippen molar-refractivity contribution in [2.75, 3.05) is 0 Å². The Morgan fingerprint density at radius 3 is 2.35 bits per heavy atom. The SMILES string of the molecule is N#Cc1ccc(Oc2cccc(I)c2)cc1C(F)(F)F. The van der Waals surface area contributed by atoms with Crippen LogP contribution < -0.4 is 4.74 Å². The van der Waals surface area contributed by atoms with Gasteiger partial charge in [0.2, 0.25) is 0 Å². The Hall–Kier alpha value is -1.75. The summed E-state index contributed by atoms with van der Waals surface area (Å²) in [6, 6.07) is 11.7. The Morgan fingerprint density at radius 1 is 1.05 bits per heavy atom. The van der Waals surface area contributed by atoms with Crippen LogP contribution >= 0.6 is 22.6 Å². The molecule has 2 nitrogen and oxygen atoms in total. The van der Waals surface area contributed by atoms with E-state index in [4.69, 9.17) is 10.00 Å². The van der Waals surface area contributed by atoms with Crippen LogP contribution in [0.25, 0.3) is 0 Å². The minimum absolute atomic E-state index is 0.0401. The molecule has 0 aliphatic carbocycles. The average Bonchev–Trinajstić information content (AvgIpc) is 2.37. The van der Waals surface area contributed by atoms with Gasteiger partial charge >= 0.3 is 6.18 Å². The molecule has 0 radical (unpaired) electrons. The standard InChI is InChI=1S/C14H7F3INO/c15-14(16,17)13-7-12(5-4-9(13)8-19)20-11-3-1-2-10(18)6-11/h1-7H. The van der Waals surface area contributed by atoms with E-state index in [0.717, 1.165) is 15.7 Å². The highest BCUT2D eigenvalue weighted by molar-refractivity contribution is 14.1. The van der Waals surface area contributed by atoms with E-state index in [2.05, 4.69) is 22.6 Å². The van der Waals surface area contributed by atoms with E-state index in [1.807, 2.05) is 6.07 Å². The Morgan fingerprint density at radius 2 is 1.75 bits per heavy atom. The predicted octanol–water partition coefficient (Wildman–Crippen LogP) is 4.97. The molecule has 0 saturated heterocycles. The Kier molecular flexibility index (Phi) is 4.18. The monoisotopic (exact) mass is 389 g/mol. The van der Waals surface area contributed by atoms with Crippen LogP contribution in [0.15, 0.2) is 42.5 Å². The highest BCUT2D eigenvalue weighted by atomic mass is 127. The summed E-state index contributed by atoms with van der Waals surface area (Å²) in [5, 5.41) is 8.71. The summed E-state index contributed by atoms with van der Waals surface area (Å²) in [6.07, 6.45) is -4.59. The normalized spacial score (nSPS) is 10.9. The third-order valence-electron chi connectivity index (χ3n) is 2.45. The molecule has 0 atom stereocenters. The lowest BCUT2D eigenvalue weighted by molar-refractivity contribution is -0.137. The van der Waals surface area contributed by atoms with Crippen molar-refractivity contribution in [3.05, 3.63) is 57.2 Å². The van der Waals surface area contributed by atoms with Crippen molar-refractivity contribution in [1.82, 2.24) is 0 Å². The van der Waals surface area contributed by atoms with Crippen LogP contribution in [0.1, 0.15) is 11.1 Å². The Labute approximate surface area is 126 Å². The number of hydrogen-bond acceptors (Lipinski definition) is 2. The maximum atomic E-state index is 12.8. The van der Waals surface area contributed by atoms with Crippen LogP contribution in [0.3, 0.4) is 0 Å². The third kappa shape index (κ3) is 3.42. The van der Waals surface area contributed by atoms with Crippen LogP contribution in [-0.4, -0.2) is 0 Å². The van der Waals surface area contributed by atoms with Gasteiger partial charge < -0.3 is 4.74 Å². The first-order chi connectivity index (χ1) is 9.40. The van der Waals surface area contributed by atoms with Gasteiger partial charge in [-0.15, -0.1) is 0 Å². The van der Waals surface area contributed by atoms with E-state index in [0.29, 0.717) is 5.75 Å². The largest absolute Gasteiger partial charge is 0.457 e. The summed E-state index contributed by atoms with van der Waals surface area (Å²) in [6.45, 7) is 0. The smallest absolute Gasteiger partial charge is 0.417 e. The first-order valence-electron chi connectivity index (χ1n) is 5.45. The molecule has 0 N–H and O–H groups in total. The zero-order chi connectivity index (χ0) is 14.8. The van der Waals surface area contributed by atoms with Gasteiger partial charge in [0.05, 0.1) is 17.2 Å². The second-order valence-electron chi connectivity index (χ2n) is 3.88. The molecule has 20 heavy (non-hydrogen) atoms. The van der Waals surface area contributed by atoms with Crippen molar-refractivity contribution < 1.29 is 17.9 Å². The van der Waals surface area contributed by atoms with E-state index in [-0.39, 0.29) is 5.75 Å². The topological polar surface area (TPSA) is 33.0 Å². The number of benzene rings is 2. The molecule has 0 aliphatic heterocycles. The molecule has 0 aromatic heterocycles. The van der Waals surface area contributed by atoms with E-state index >= 15 is 0 Å². The lowest BCUT2D eigenvalue weighted by atomic mass is 10.1. The molecule has 2 aromatic carbocycles. The van der Waals surface area contributed by atoms with Crippen molar-refractivity contribution in [1.29, 1.82) is 5.26 Å². The van der Waals surface area contributed by atoms with Gasteiger partial charge in [-0.05, 0) is 59.0 Å². The van der Waals surface area contributed by atoms with Gasteiger partial charge in [-0.1, -0.05) is 6.07 Å². The maximum absolute atomic E-state index is 12.8. The van der Waals surface area contributed by atoms with Gasteiger partial charge in [0, 0.05) is 3.57 Å². The van der Waals surface area contributed by atoms with E-state index in [9.17, 15) is 13.2 Å². The molecule has 0 aliphatic rings. The fraction of sp³-hybridized carbons (Fsp3) is 0.0714. The Balaban J connectivity index is 2.37. The van der Waals surface area contributed by atoms with Crippen LogP contribution in [0, 0.1) is 14.9 Å². The number of nitrogens with zero attached hydrogens (tertiary/aromatic N) is 1. The van der Waals surface area contributed by atoms with Crippen LogP contribution in [0.2, 0.25) is 0 Å². The molecular formula is C14H7F3INO. The molecule has 102 valence electrons. The van der Waals surface area contributed by atoms with E-state index in [1.165, 1.54) is 12.1 Å². The number of rotatable bonds is 2. The lowest BCUT2D eigenvalue weighted by Crippen LogP contribution is -2.07. The highest BCUT2D eigenvalue weighted by Gasteiger charge is 2.34. The first kappa shape index (κ1) is 14.7. The first-order valence-corrected chi connectivity index (χ1v) is 6.53. The van der Waals surface area contributed by atoms with Gasteiger partial charge in [0.1, 0.15) is 11.5 Å². The molecule has 0 fully saturated rings. The molecule has 0 bridgehead atoms. The van der Waals surface area contributed by atoms with Crippen molar-refractivity contribution in [3.8, 4) is 17.6 Å². The van der Waals surface area contributed by atoms with Crippen LogP contribution in [-0.2, 0) is 6.18 Å². The zero-order valence-corrected chi connectivity index (χ0v) is 12.1. The van der Waals surface area contributed by atoms with Crippen molar-refractivity contribution in [2.45, 2.75) is 6.18 Å². The highest BCUT2D eigenvalue weighted by Crippen LogP contribution is 2.35. The molecule has 0 amide bonds. The van der Waals surface area contributed by atoms with Crippen molar-refractivity contribution in [3.63, 3.8) is 0 Å². The number of hydrogen-bond donors (Lipinski definition) is 0. The molecule has 0 unspecified atom stereocenters. The van der Waals surface area contributed by atoms with Crippen molar-refractivity contribution in [2.24, 2.45) is 0 Å². The second-order valence-corrected chi connectivity index (χ2v) is 5.12. The molecule has 0 heterocycles. The number of alkyl halides is 3. The average molecular weight is 389 g/mol. The summed E-state index contributed by atoms with van der Waals surface area (Å²) in [5.41, 5.74) is -1.42. The van der Waals surface area contributed by atoms with Crippen molar-refractivity contribution >= 4 is 22.6 Å². The van der Waals surface area contributed by atoms with E-state index in [1.54, 1.807) is 18.2 Å². The van der Waals surface area contributed by atoms with E-state index < -0.39 is 17.3 Å². The molecule has 2 rings (SSSR count). The molecular weight excluding hydrogens is 382 g/mol. The summed E-state index contributed by atoms with van der Waals surface area (Å²) in [5.74, 6) is 0.480. The van der Waals surface area contributed by atoms with Gasteiger partial charge in [-0.2, -0.15) is 18.4 Å². The van der Waals surface area contributed by atoms with Gasteiger partial charge in [-0.3, -0.25) is 0 Å². The van der Waals surface area contributed by atoms with Crippen LogP contribution in [0.5, 0.6) is 11.5 Å². The minimum atomic E-state index is -4.59.